The molecule has 1 amide bonds. The largest absolute Gasteiger partial charge is 0.461 e. The molecule has 212 valence electrons. The number of carbonyl (C=O) groups excluding carboxylic acids is 2. The number of aromatic amines is 1. The van der Waals surface area contributed by atoms with Crippen molar-refractivity contribution in [1.82, 2.24) is 19.3 Å². The molecule has 1 aliphatic heterocycles. The molecular weight excluding hydrogens is 527 g/mol. The Bertz CT molecular complexity index is 1750. The van der Waals surface area contributed by atoms with Crippen LogP contribution in [-0.4, -0.2) is 37.8 Å². The van der Waals surface area contributed by atoms with E-state index in [1.54, 1.807) is 30.3 Å². The van der Waals surface area contributed by atoms with Gasteiger partial charge in [-0.25, -0.2) is 4.39 Å². The number of hydrogen-bond acceptors (Lipinski definition) is 6. The first-order valence-electron chi connectivity index (χ1n) is 13.7. The van der Waals surface area contributed by atoms with Crippen LogP contribution in [0.15, 0.2) is 41.3 Å². The van der Waals surface area contributed by atoms with Crippen molar-refractivity contribution in [3.05, 3.63) is 80.9 Å². The Kier molecular flexibility index (Phi) is 6.72. The molecule has 41 heavy (non-hydrogen) atoms. The van der Waals surface area contributed by atoms with E-state index in [0.29, 0.717) is 47.0 Å². The number of aromatic nitrogens is 4. The topological polar surface area (TPSA) is 114 Å². The highest BCUT2D eigenvalue weighted by atomic mass is 19.1. The Hall–Kier alpha value is -4.67. The van der Waals surface area contributed by atoms with Gasteiger partial charge in [0.05, 0.1) is 5.69 Å². The van der Waals surface area contributed by atoms with Gasteiger partial charge in [-0.3, -0.25) is 19.5 Å². The van der Waals surface area contributed by atoms with Crippen LogP contribution in [0.2, 0.25) is 0 Å². The number of nitrogens with zero attached hydrogens (tertiary/aromatic N) is 4. The Morgan fingerprint density at radius 3 is 2.68 bits per heavy atom. The van der Waals surface area contributed by atoms with Crippen LogP contribution < -0.4 is 15.8 Å². The Morgan fingerprint density at radius 1 is 1.12 bits per heavy atom. The fraction of sp³-hybridized carbons (Fsp3) is 0.333. The average molecular weight is 559 g/mol. The number of amides is 1. The first-order chi connectivity index (χ1) is 19.7. The van der Waals surface area contributed by atoms with Gasteiger partial charge in [0.1, 0.15) is 23.8 Å². The summed E-state index contributed by atoms with van der Waals surface area (Å²) in [7, 11) is 1.60. The van der Waals surface area contributed by atoms with Crippen LogP contribution in [0.1, 0.15) is 52.8 Å². The molecule has 2 aliphatic rings. The minimum atomic E-state index is -0.555. The molecule has 4 heterocycles. The van der Waals surface area contributed by atoms with Gasteiger partial charge in [0, 0.05) is 61.8 Å². The van der Waals surface area contributed by atoms with Gasteiger partial charge in [0.15, 0.2) is 5.82 Å². The molecule has 0 saturated carbocycles. The van der Waals surface area contributed by atoms with Crippen molar-refractivity contribution in [3.63, 3.8) is 0 Å². The normalized spacial score (nSPS) is 14.5. The number of ether oxygens (including phenoxy) is 1. The molecule has 10 nitrogen and oxygen atoms in total. The predicted molar refractivity (Wildman–Crippen MR) is 152 cm³/mol. The third-order valence-electron chi connectivity index (χ3n) is 7.78. The zero-order valence-corrected chi connectivity index (χ0v) is 23.2. The molecule has 6 rings (SSSR count). The van der Waals surface area contributed by atoms with Gasteiger partial charge in [-0.15, -0.1) is 0 Å². The molecule has 0 spiro atoms. The summed E-state index contributed by atoms with van der Waals surface area (Å²) in [6.45, 7) is 3.90. The lowest BCUT2D eigenvalue weighted by atomic mass is 9.97. The van der Waals surface area contributed by atoms with E-state index >= 15 is 4.39 Å². The van der Waals surface area contributed by atoms with Gasteiger partial charge in [-0.1, -0.05) is 0 Å². The number of halogens is 1. The number of nitrogens with one attached hydrogen (secondary N) is 2. The van der Waals surface area contributed by atoms with Crippen LogP contribution in [0.4, 0.5) is 21.6 Å². The van der Waals surface area contributed by atoms with Gasteiger partial charge >= 0.3 is 5.97 Å². The zero-order chi connectivity index (χ0) is 28.8. The third-order valence-corrected chi connectivity index (χ3v) is 7.78. The monoisotopic (exact) mass is 558 g/mol. The van der Waals surface area contributed by atoms with Crippen molar-refractivity contribution in [2.24, 2.45) is 7.05 Å². The summed E-state index contributed by atoms with van der Waals surface area (Å²) < 4.78 is 24.2. The van der Waals surface area contributed by atoms with Crippen LogP contribution in [-0.2, 0) is 42.6 Å². The van der Waals surface area contributed by atoms with Crippen LogP contribution in [0.3, 0.4) is 0 Å². The lowest BCUT2D eigenvalue weighted by Gasteiger charge is -2.32. The van der Waals surface area contributed by atoms with Crippen molar-refractivity contribution < 1.29 is 18.7 Å². The molecule has 4 aromatic rings. The summed E-state index contributed by atoms with van der Waals surface area (Å²) >= 11 is 0. The van der Waals surface area contributed by atoms with E-state index in [9.17, 15) is 14.4 Å². The number of carbonyl (C=O) groups is 2. The molecule has 1 aliphatic carbocycles. The molecule has 0 unspecified atom stereocenters. The van der Waals surface area contributed by atoms with Gasteiger partial charge in [0.2, 0.25) is 0 Å². The minimum absolute atomic E-state index is 0.175. The Labute approximate surface area is 235 Å². The number of hydrogen-bond donors (Lipinski definition) is 2. The highest BCUT2D eigenvalue weighted by Crippen LogP contribution is 2.37. The van der Waals surface area contributed by atoms with Crippen LogP contribution in [0, 0.1) is 12.7 Å². The van der Waals surface area contributed by atoms with Crippen LogP contribution in [0.5, 0.6) is 0 Å². The molecular formula is C30H31FN6O4. The van der Waals surface area contributed by atoms with E-state index < -0.39 is 11.8 Å². The van der Waals surface area contributed by atoms with Crippen molar-refractivity contribution in [2.45, 2.75) is 52.7 Å². The number of benzene rings is 1. The lowest BCUT2D eigenvalue weighted by molar-refractivity contribution is -0.142. The first kappa shape index (κ1) is 26.5. The summed E-state index contributed by atoms with van der Waals surface area (Å²) in [4.78, 5) is 40.2. The highest BCUT2D eigenvalue weighted by Gasteiger charge is 2.32. The zero-order valence-electron chi connectivity index (χ0n) is 23.2. The van der Waals surface area contributed by atoms with Gasteiger partial charge in [-0.2, -0.15) is 5.10 Å². The van der Waals surface area contributed by atoms with Crippen LogP contribution >= 0.6 is 0 Å². The Morgan fingerprint density at radius 2 is 1.93 bits per heavy atom. The fourth-order valence-electron chi connectivity index (χ4n) is 5.88. The molecule has 0 saturated heterocycles. The van der Waals surface area contributed by atoms with E-state index in [1.165, 1.54) is 34.9 Å². The fourth-order valence-corrected chi connectivity index (χ4v) is 5.88. The summed E-state index contributed by atoms with van der Waals surface area (Å²) in [5.74, 6) is -0.820. The van der Waals surface area contributed by atoms with E-state index in [0.717, 1.165) is 31.4 Å². The maximum Gasteiger partial charge on any atom is 0.302 e. The molecule has 0 fully saturated rings. The second-order valence-electron chi connectivity index (χ2n) is 10.7. The van der Waals surface area contributed by atoms with Gasteiger partial charge in [0.25, 0.3) is 11.5 Å². The number of esters is 1. The number of aryl methyl sites for hydroxylation is 3. The van der Waals surface area contributed by atoms with Crippen molar-refractivity contribution >= 4 is 29.1 Å². The third kappa shape index (κ3) is 4.92. The molecule has 3 aromatic heterocycles. The van der Waals surface area contributed by atoms with E-state index in [1.807, 2.05) is 13.0 Å². The smallest absolute Gasteiger partial charge is 0.302 e. The molecule has 2 N–H and O–H groups in total. The summed E-state index contributed by atoms with van der Waals surface area (Å²) in [5.41, 5.74) is 5.49. The number of rotatable bonds is 6. The minimum Gasteiger partial charge on any atom is -0.461 e. The predicted octanol–water partition coefficient (Wildman–Crippen LogP) is 4.37. The van der Waals surface area contributed by atoms with Crippen molar-refractivity contribution in [2.75, 3.05) is 16.8 Å². The SMILES string of the molecule is CC(=O)OCc1c(-c2cc(Nc3cc(C)[nH]n3)c(=O)n(C)c2)cc(F)cc1N1CCn2c(cc3c2CCCC3)C1=O. The number of anilines is 3. The summed E-state index contributed by atoms with van der Waals surface area (Å²) in [6.07, 6.45) is 5.70. The standard InChI is InChI=1S/C30H31FN6O4/c1-17-10-28(34-33-17)32-24-11-20(15-35(3)29(24)39)22-13-21(31)14-26(23(22)16-41-18(2)38)37-9-8-36-25-7-5-4-6-19(25)12-27(36)30(37)40/h10-15H,4-9,16H2,1-3H3,(H2,32,33,34). The van der Waals surface area contributed by atoms with E-state index in [4.69, 9.17) is 4.74 Å². The van der Waals surface area contributed by atoms with Gasteiger partial charge < -0.3 is 24.1 Å². The van der Waals surface area contributed by atoms with E-state index in [-0.39, 0.29) is 23.8 Å². The average Bonchev–Trinajstić information content (AvgIpc) is 3.53. The lowest BCUT2D eigenvalue weighted by Crippen LogP contribution is -2.41. The first-order valence-corrected chi connectivity index (χ1v) is 13.7. The second kappa shape index (κ2) is 10.4. The molecule has 0 atom stereocenters. The molecule has 0 bridgehead atoms. The second-order valence-corrected chi connectivity index (χ2v) is 10.7. The molecule has 0 radical (unpaired) electrons. The quantitative estimate of drug-likeness (QED) is 0.340. The number of fused-ring (bicyclic) bond motifs is 3. The maximum atomic E-state index is 15.3. The molecule has 11 heteroatoms. The summed E-state index contributed by atoms with van der Waals surface area (Å²) in [5, 5.41) is 9.99. The van der Waals surface area contributed by atoms with Gasteiger partial charge in [-0.05, 0) is 68.0 Å². The summed E-state index contributed by atoms with van der Waals surface area (Å²) in [6, 6.07) is 7.98. The number of pyridine rings is 1. The number of H-pyrrole nitrogens is 1. The van der Waals surface area contributed by atoms with Crippen molar-refractivity contribution in [1.29, 1.82) is 0 Å². The maximum absolute atomic E-state index is 15.3. The van der Waals surface area contributed by atoms with Crippen LogP contribution in [0.25, 0.3) is 11.1 Å². The Balaban J connectivity index is 1.46. The van der Waals surface area contributed by atoms with Crippen molar-refractivity contribution in [3.8, 4) is 11.1 Å². The van der Waals surface area contributed by atoms with E-state index in [2.05, 4.69) is 20.1 Å². The molecule has 1 aromatic carbocycles. The highest BCUT2D eigenvalue weighted by molar-refractivity contribution is 6.07.